The zero-order valence-corrected chi connectivity index (χ0v) is 13.7. The van der Waals surface area contributed by atoms with Crippen molar-refractivity contribution in [3.8, 4) is 0 Å². The molecule has 0 heterocycles. The summed E-state index contributed by atoms with van der Waals surface area (Å²) in [6.45, 7) is 5.96. The van der Waals surface area contributed by atoms with Crippen molar-refractivity contribution in [2.75, 3.05) is 11.2 Å². The Morgan fingerprint density at radius 2 is 1.95 bits per heavy atom. The second kappa shape index (κ2) is 8.57. The summed E-state index contributed by atoms with van der Waals surface area (Å²) in [5, 5.41) is 3.37. The van der Waals surface area contributed by atoms with Crippen LogP contribution in [0.3, 0.4) is 0 Å². The van der Waals surface area contributed by atoms with Gasteiger partial charge in [0, 0.05) is 10.9 Å². The summed E-state index contributed by atoms with van der Waals surface area (Å²) in [7, 11) is 0. The van der Waals surface area contributed by atoms with Crippen LogP contribution in [-0.4, -0.2) is 11.1 Å². The van der Waals surface area contributed by atoms with Crippen molar-refractivity contribution in [3.63, 3.8) is 0 Å². The monoisotopic (exact) mass is 319 g/mol. The van der Waals surface area contributed by atoms with Gasteiger partial charge in [-0.1, -0.05) is 44.7 Å². The minimum Gasteiger partial charge on any atom is -0.376 e. The molecule has 0 fully saturated rings. The molecule has 1 nitrogen and oxygen atoms in total. The van der Waals surface area contributed by atoms with Gasteiger partial charge < -0.3 is 5.32 Å². The van der Waals surface area contributed by atoms with Gasteiger partial charge in [0.05, 0.1) is 11.4 Å². The van der Waals surface area contributed by atoms with Crippen molar-refractivity contribution in [1.29, 1.82) is 0 Å². The van der Waals surface area contributed by atoms with Crippen LogP contribution in [0.5, 0.6) is 0 Å². The number of rotatable bonds is 8. The van der Waals surface area contributed by atoms with E-state index in [0.717, 1.165) is 6.42 Å². The number of anilines is 1. The first kappa shape index (κ1) is 18.2. The van der Waals surface area contributed by atoms with E-state index < -0.39 is 11.7 Å². The third-order valence-electron chi connectivity index (χ3n) is 3.33. The van der Waals surface area contributed by atoms with E-state index in [1.165, 1.54) is 31.4 Å². The van der Waals surface area contributed by atoms with Gasteiger partial charge in [-0.05, 0) is 25.5 Å². The van der Waals surface area contributed by atoms with E-state index in [2.05, 4.69) is 19.2 Å². The third kappa shape index (κ3) is 6.64. The fraction of sp³-hybridized carbons (Fsp3) is 0.625. The molecule has 120 valence electrons. The van der Waals surface area contributed by atoms with Gasteiger partial charge >= 0.3 is 6.18 Å². The molecule has 1 atom stereocenters. The second-order valence-electron chi connectivity index (χ2n) is 5.34. The van der Waals surface area contributed by atoms with Crippen LogP contribution in [0.15, 0.2) is 18.2 Å². The SMILES string of the molecule is CCCCC[C@@H](C)SCNc1ccc(C)cc1C(F)(F)F. The zero-order chi connectivity index (χ0) is 15.9. The molecule has 1 aromatic rings. The molecule has 0 bridgehead atoms. The number of benzene rings is 1. The first-order valence-corrected chi connectivity index (χ1v) is 8.42. The number of thioether (sulfide) groups is 1. The molecule has 0 aliphatic rings. The van der Waals surface area contributed by atoms with Crippen LogP contribution in [-0.2, 0) is 6.18 Å². The third-order valence-corrected chi connectivity index (χ3v) is 4.44. The van der Waals surface area contributed by atoms with Crippen LogP contribution in [0.4, 0.5) is 18.9 Å². The average molecular weight is 319 g/mol. The number of aryl methyl sites for hydroxylation is 1. The minimum absolute atomic E-state index is 0.168. The summed E-state index contributed by atoms with van der Waals surface area (Å²) in [6, 6.07) is 4.41. The summed E-state index contributed by atoms with van der Waals surface area (Å²) >= 11 is 1.67. The van der Waals surface area contributed by atoms with E-state index in [0.29, 0.717) is 16.7 Å². The molecule has 1 aromatic carbocycles. The average Bonchev–Trinajstić information content (AvgIpc) is 2.39. The van der Waals surface area contributed by atoms with Crippen LogP contribution in [0.25, 0.3) is 0 Å². The Morgan fingerprint density at radius 3 is 2.57 bits per heavy atom. The van der Waals surface area contributed by atoms with Crippen LogP contribution in [0.2, 0.25) is 0 Å². The molecule has 1 rings (SSSR count). The Kier molecular flexibility index (Phi) is 7.43. The molecule has 5 heteroatoms. The summed E-state index contributed by atoms with van der Waals surface area (Å²) in [4.78, 5) is 0. The molecule has 0 amide bonds. The molecule has 0 aromatic heterocycles. The molecule has 0 aliphatic carbocycles. The lowest BCUT2D eigenvalue weighted by Gasteiger charge is -2.17. The summed E-state index contributed by atoms with van der Waals surface area (Å²) in [5.74, 6) is 0.499. The van der Waals surface area contributed by atoms with Gasteiger partial charge in [0.15, 0.2) is 0 Å². The van der Waals surface area contributed by atoms with Crippen LogP contribution in [0, 0.1) is 6.92 Å². The summed E-state index contributed by atoms with van der Waals surface area (Å²) in [5.41, 5.74) is 0.205. The molecule has 0 saturated heterocycles. The lowest BCUT2D eigenvalue weighted by Crippen LogP contribution is -2.12. The molecule has 0 radical (unpaired) electrons. The lowest BCUT2D eigenvalue weighted by molar-refractivity contribution is -0.137. The standard InChI is InChI=1S/C16H24F3NS/c1-4-5-6-7-13(3)21-11-20-15-9-8-12(2)10-14(15)16(17,18)19/h8-10,13,20H,4-7,11H2,1-3H3/t13-/m1/s1. The first-order chi connectivity index (χ1) is 9.84. The first-order valence-electron chi connectivity index (χ1n) is 7.38. The van der Waals surface area contributed by atoms with Gasteiger partial charge in [0.25, 0.3) is 0 Å². The summed E-state index contributed by atoms with van der Waals surface area (Å²) in [6.07, 6.45) is 0.386. The number of alkyl halides is 3. The minimum atomic E-state index is -4.31. The van der Waals surface area contributed by atoms with Gasteiger partial charge in [-0.2, -0.15) is 13.2 Å². The number of hydrogen-bond donors (Lipinski definition) is 1. The maximum Gasteiger partial charge on any atom is 0.418 e. The fourth-order valence-electron chi connectivity index (χ4n) is 2.07. The van der Waals surface area contributed by atoms with Crippen LogP contribution >= 0.6 is 11.8 Å². The maximum atomic E-state index is 13.0. The molecule has 0 spiro atoms. The van der Waals surface area contributed by atoms with Crippen LogP contribution in [0.1, 0.15) is 50.7 Å². The van der Waals surface area contributed by atoms with Gasteiger partial charge in [-0.25, -0.2) is 0 Å². The van der Waals surface area contributed by atoms with Crippen molar-refractivity contribution in [2.24, 2.45) is 0 Å². The van der Waals surface area contributed by atoms with E-state index in [4.69, 9.17) is 0 Å². The van der Waals surface area contributed by atoms with Crippen molar-refractivity contribution in [2.45, 2.75) is 57.9 Å². The topological polar surface area (TPSA) is 12.0 Å². The van der Waals surface area contributed by atoms with Crippen LogP contribution < -0.4 is 5.32 Å². The molecule has 0 aliphatic heterocycles. The Balaban J connectivity index is 2.52. The van der Waals surface area contributed by atoms with E-state index in [9.17, 15) is 13.2 Å². The fourth-order valence-corrected chi connectivity index (χ4v) is 2.93. The Bertz CT molecular complexity index is 432. The Morgan fingerprint density at radius 1 is 1.24 bits per heavy atom. The van der Waals surface area contributed by atoms with Crippen molar-refractivity contribution in [1.82, 2.24) is 0 Å². The maximum absolute atomic E-state index is 13.0. The van der Waals surface area contributed by atoms with Gasteiger partial charge in [0.2, 0.25) is 0 Å². The predicted molar refractivity (Wildman–Crippen MR) is 85.9 cm³/mol. The van der Waals surface area contributed by atoms with E-state index in [1.54, 1.807) is 24.8 Å². The highest BCUT2D eigenvalue weighted by Crippen LogP contribution is 2.35. The predicted octanol–water partition coefficient (Wildman–Crippen LogP) is 6.09. The second-order valence-corrected chi connectivity index (χ2v) is 6.77. The van der Waals surface area contributed by atoms with Gasteiger partial charge in [0.1, 0.15) is 0 Å². The highest BCUT2D eigenvalue weighted by Gasteiger charge is 2.33. The molecule has 21 heavy (non-hydrogen) atoms. The normalized spacial score (nSPS) is 13.2. The highest BCUT2D eigenvalue weighted by atomic mass is 32.2. The van der Waals surface area contributed by atoms with Crippen molar-refractivity contribution < 1.29 is 13.2 Å². The smallest absolute Gasteiger partial charge is 0.376 e. The van der Waals surface area contributed by atoms with E-state index in [-0.39, 0.29) is 5.69 Å². The van der Waals surface area contributed by atoms with Crippen molar-refractivity contribution in [3.05, 3.63) is 29.3 Å². The summed E-state index contributed by atoms with van der Waals surface area (Å²) < 4.78 is 38.9. The van der Waals surface area contributed by atoms with Gasteiger partial charge in [-0.15, -0.1) is 11.8 Å². The van der Waals surface area contributed by atoms with Crippen molar-refractivity contribution >= 4 is 17.4 Å². The number of halogens is 3. The Hall–Kier alpha value is -0.840. The molecule has 1 N–H and O–H groups in total. The molecule has 0 saturated carbocycles. The largest absolute Gasteiger partial charge is 0.418 e. The highest BCUT2D eigenvalue weighted by molar-refractivity contribution is 7.99. The van der Waals surface area contributed by atoms with E-state index in [1.807, 2.05) is 0 Å². The molecular weight excluding hydrogens is 295 g/mol. The van der Waals surface area contributed by atoms with E-state index >= 15 is 0 Å². The lowest BCUT2D eigenvalue weighted by atomic mass is 10.1. The quantitative estimate of drug-likeness (QED) is 0.460. The molecule has 0 unspecified atom stereocenters. The number of unbranched alkanes of at least 4 members (excludes halogenated alkanes) is 2. The Labute approximate surface area is 129 Å². The zero-order valence-electron chi connectivity index (χ0n) is 12.9. The van der Waals surface area contributed by atoms with Gasteiger partial charge in [-0.3, -0.25) is 0 Å². The number of nitrogens with one attached hydrogen (secondary N) is 1. The molecular formula is C16H24F3NS. The number of hydrogen-bond acceptors (Lipinski definition) is 2.